The first-order valence-electron chi connectivity index (χ1n) is 9.34. The number of aryl methyl sites for hydroxylation is 2. The molecule has 0 aliphatic carbocycles. The summed E-state index contributed by atoms with van der Waals surface area (Å²) in [6, 6.07) is 20.5. The summed E-state index contributed by atoms with van der Waals surface area (Å²) in [6.07, 6.45) is 1.58. The van der Waals surface area contributed by atoms with Crippen LogP contribution in [0.2, 0.25) is 0 Å². The first-order chi connectivity index (χ1) is 14.5. The Bertz CT molecular complexity index is 1130. The van der Waals surface area contributed by atoms with Gasteiger partial charge in [0.1, 0.15) is 17.3 Å². The van der Waals surface area contributed by atoms with Crippen LogP contribution < -0.4 is 9.47 Å². The van der Waals surface area contributed by atoms with E-state index in [0.717, 1.165) is 11.1 Å². The van der Waals surface area contributed by atoms with Gasteiger partial charge in [0, 0.05) is 5.56 Å². The molecule has 0 aromatic heterocycles. The minimum absolute atomic E-state index is 0.208. The van der Waals surface area contributed by atoms with E-state index in [1.165, 1.54) is 6.07 Å². The van der Waals surface area contributed by atoms with E-state index >= 15 is 0 Å². The fourth-order valence-electron chi connectivity index (χ4n) is 2.81. The quantitative estimate of drug-likeness (QED) is 0.237. The Morgan fingerprint density at radius 2 is 1.80 bits per heavy atom. The van der Waals surface area contributed by atoms with Crippen LogP contribution >= 0.6 is 0 Å². The smallest absolute Gasteiger partial charge is 0.349 e. The van der Waals surface area contributed by atoms with Crippen LogP contribution in [0.3, 0.4) is 0 Å². The van der Waals surface area contributed by atoms with Gasteiger partial charge in [-0.05, 0) is 60.9 Å². The van der Waals surface area contributed by atoms with Crippen molar-refractivity contribution in [2.24, 2.45) is 0 Å². The Hall–Kier alpha value is -3.91. The summed E-state index contributed by atoms with van der Waals surface area (Å²) in [5, 5.41) is 9.36. The molecule has 0 spiro atoms. The molecule has 0 unspecified atom stereocenters. The van der Waals surface area contributed by atoms with Gasteiger partial charge in [-0.2, -0.15) is 5.26 Å². The number of rotatable bonds is 6. The van der Waals surface area contributed by atoms with Crippen LogP contribution in [0.1, 0.15) is 22.3 Å². The second kappa shape index (κ2) is 9.53. The van der Waals surface area contributed by atoms with Gasteiger partial charge in [0.2, 0.25) is 0 Å². The summed E-state index contributed by atoms with van der Waals surface area (Å²) in [5.74, 6) is 0.0127. The topological polar surface area (TPSA) is 59.3 Å². The third-order valence-corrected chi connectivity index (χ3v) is 4.40. The Morgan fingerprint density at radius 1 is 1.07 bits per heavy atom. The third-order valence-electron chi connectivity index (χ3n) is 4.40. The first kappa shape index (κ1) is 20.8. The molecule has 0 fully saturated rings. The van der Waals surface area contributed by atoms with Gasteiger partial charge in [-0.1, -0.05) is 42.5 Å². The molecule has 0 N–H and O–H groups in total. The maximum Gasteiger partial charge on any atom is 0.349 e. The van der Waals surface area contributed by atoms with Crippen LogP contribution in [0.5, 0.6) is 11.5 Å². The number of ether oxygens (including phenoxy) is 2. The molecule has 5 heteroatoms. The molecule has 0 amide bonds. The number of carbonyl (C=O) groups is 1. The Kier molecular flexibility index (Phi) is 6.61. The largest absolute Gasteiger partial charge is 0.482 e. The Morgan fingerprint density at radius 3 is 2.50 bits per heavy atom. The van der Waals surface area contributed by atoms with Crippen LogP contribution in [-0.4, -0.2) is 12.6 Å². The predicted octanol–water partition coefficient (Wildman–Crippen LogP) is 5.49. The van der Waals surface area contributed by atoms with Crippen molar-refractivity contribution in [1.82, 2.24) is 0 Å². The van der Waals surface area contributed by atoms with Gasteiger partial charge in [0.25, 0.3) is 0 Å². The SMILES string of the molecule is Cc1ccc(C)c(OCC(=O)Oc2ccc(/C=C(/C#N)c3ccccc3F)cc2)c1. The number of hydrogen-bond acceptors (Lipinski definition) is 4. The summed E-state index contributed by atoms with van der Waals surface area (Å²) >= 11 is 0. The highest BCUT2D eigenvalue weighted by atomic mass is 19.1. The van der Waals surface area contributed by atoms with Gasteiger partial charge in [-0.25, -0.2) is 9.18 Å². The summed E-state index contributed by atoms with van der Waals surface area (Å²) in [5.41, 5.74) is 3.10. The number of nitriles is 1. The van der Waals surface area contributed by atoms with Crippen LogP contribution in [0.4, 0.5) is 4.39 Å². The van der Waals surface area contributed by atoms with Crippen LogP contribution in [0.25, 0.3) is 11.6 Å². The lowest BCUT2D eigenvalue weighted by Gasteiger charge is -2.10. The highest BCUT2D eigenvalue weighted by Crippen LogP contribution is 2.22. The lowest BCUT2D eigenvalue weighted by Crippen LogP contribution is -2.18. The van der Waals surface area contributed by atoms with E-state index in [-0.39, 0.29) is 17.7 Å². The molecular weight excluding hydrogens is 381 g/mol. The van der Waals surface area contributed by atoms with Crippen LogP contribution in [-0.2, 0) is 4.79 Å². The van der Waals surface area contributed by atoms with Gasteiger partial charge in [0.15, 0.2) is 6.61 Å². The van der Waals surface area contributed by atoms with E-state index in [0.29, 0.717) is 17.1 Å². The van der Waals surface area contributed by atoms with Gasteiger partial charge in [-0.3, -0.25) is 0 Å². The van der Waals surface area contributed by atoms with Crippen molar-refractivity contribution in [3.05, 3.63) is 94.8 Å². The van der Waals surface area contributed by atoms with Gasteiger partial charge in [0.05, 0.1) is 11.6 Å². The van der Waals surface area contributed by atoms with E-state index in [9.17, 15) is 14.4 Å². The maximum atomic E-state index is 13.9. The molecule has 3 aromatic carbocycles. The zero-order valence-corrected chi connectivity index (χ0v) is 16.7. The van der Waals surface area contributed by atoms with E-state index in [2.05, 4.69) is 0 Å². The number of esters is 1. The van der Waals surface area contributed by atoms with Crippen molar-refractivity contribution >= 4 is 17.6 Å². The number of allylic oxidation sites excluding steroid dienone is 1. The number of hydrogen-bond donors (Lipinski definition) is 0. The lowest BCUT2D eigenvalue weighted by atomic mass is 10.0. The zero-order chi connectivity index (χ0) is 21.5. The average Bonchev–Trinajstić information content (AvgIpc) is 2.74. The molecule has 0 aliphatic heterocycles. The van der Waals surface area contributed by atoms with Gasteiger partial charge in [-0.15, -0.1) is 0 Å². The monoisotopic (exact) mass is 401 g/mol. The maximum absolute atomic E-state index is 13.9. The fraction of sp³-hybridized carbons (Fsp3) is 0.120. The lowest BCUT2D eigenvalue weighted by molar-refractivity contribution is -0.136. The molecule has 0 aliphatic rings. The zero-order valence-electron chi connectivity index (χ0n) is 16.7. The molecule has 0 bridgehead atoms. The van der Waals surface area contributed by atoms with E-state index in [1.54, 1.807) is 48.5 Å². The molecule has 0 saturated heterocycles. The molecule has 0 atom stereocenters. The van der Waals surface area contributed by atoms with Crippen LogP contribution in [0, 0.1) is 31.0 Å². The van der Waals surface area contributed by atoms with Crippen LogP contribution in [0.15, 0.2) is 66.7 Å². The highest BCUT2D eigenvalue weighted by molar-refractivity contribution is 5.89. The molecule has 4 nitrogen and oxygen atoms in total. The third kappa shape index (κ3) is 5.33. The van der Waals surface area contributed by atoms with E-state index < -0.39 is 11.8 Å². The Labute approximate surface area is 174 Å². The normalized spacial score (nSPS) is 10.9. The van der Waals surface area contributed by atoms with E-state index in [4.69, 9.17) is 9.47 Å². The minimum atomic E-state index is -0.525. The Balaban J connectivity index is 1.64. The number of halogens is 1. The van der Waals surface area contributed by atoms with Crippen molar-refractivity contribution in [3.8, 4) is 17.6 Å². The minimum Gasteiger partial charge on any atom is -0.482 e. The van der Waals surface area contributed by atoms with Crippen molar-refractivity contribution in [1.29, 1.82) is 5.26 Å². The van der Waals surface area contributed by atoms with Gasteiger partial charge < -0.3 is 9.47 Å². The van der Waals surface area contributed by atoms with Crippen molar-refractivity contribution in [2.75, 3.05) is 6.61 Å². The molecule has 0 saturated carbocycles. The van der Waals surface area contributed by atoms with Crippen molar-refractivity contribution in [2.45, 2.75) is 13.8 Å². The number of carbonyl (C=O) groups excluding carboxylic acids is 1. The molecule has 0 radical (unpaired) electrons. The molecule has 30 heavy (non-hydrogen) atoms. The molecule has 0 heterocycles. The predicted molar refractivity (Wildman–Crippen MR) is 113 cm³/mol. The molecule has 3 aromatic rings. The van der Waals surface area contributed by atoms with Crippen molar-refractivity contribution in [3.63, 3.8) is 0 Å². The van der Waals surface area contributed by atoms with Crippen molar-refractivity contribution < 1.29 is 18.7 Å². The second-order valence-corrected chi connectivity index (χ2v) is 6.75. The summed E-state index contributed by atoms with van der Waals surface area (Å²) < 4.78 is 24.8. The molecule has 3 rings (SSSR count). The summed E-state index contributed by atoms with van der Waals surface area (Å²) in [6.45, 7) is 3.64. The summed E-state index contributed by atoms with van der Waals surface area (Å²) in [7, 11) is 0. The van der Waals surface area contributed by atoms with Gasteiger partial charge >= 0.3 is 5.97 Å². The summed E-state index contributed by atoms with van der Waals surface area (Å²) in [4.78, 5) is 12.1. The number of benzene rings is 3. The average molecular weight is 401 g/mol. The highest BCUT2D eigenvalue weighted by Gasteiger charge is 2.09. The fourth-order valence-corrected chi connectivity index (χ4v) is 2.81. The first-order valence-corrected chi connectivity index (χ1v) is 9.34. The second-order valence-electron chi connectivity index (χ2n) is 6.75. The molecule has 150 valence electrons. The van der Waals surface area contributed by atoms with E-state index in [1.807, 2.05) is 38.1 Å². The standard InChI is InChI=1S/C25H20FNO3/c1-17-7-8-18(2)24(13-17)29-16-25(28)30-21-11-9-19(10-12-21)14-20(15-27)22-5-3-4-6-23(22)26/h3-14H,16H2,1-2H3/b20-14-. The number of nitrogens with zero attached hydrogens (tertiary/aromatic N) is 1. The molecular formula is C25H20FNO3.